The van der Waals surface area contributed by atoms with Crippen molar-refractivity contribution in [2.24, 2.45) is 11.8 Å². The van der Waals surface area contributed by atoms with Gasteiger partial charge in [0.25, 0.3) is 5.91 Å². The lowest BCUT2D eigenvalue weighted by molar-refractivity contribution is -0.148. The van der Waals surface area contributed by atoms with E-state index < -0.39 is 11.9 Å². The van der Waals surface area contributed by atoms with Gasteiger partial charge in [0.15, 0.2) is 6.61 Å². The van der Waals surface area contributed by atoms with E-state index in [4.69, 9.17) is 9.47 Å². The third kappa shape index (κ3) is 4.26. The standard InChI is InChI=1S/C19H25NO5S/c1-10(2)25-19(23)16-12-6-4-5-7-14(12)26-17(16)20-15(21)9-24-18(22)13-8-11(13)3/h10-11,13H,4-9H2,1-3H3,(H,20,21)/t11-,13-/m1/s1. The minimum absolute atomic E-state index is 0.0755. The minimum Gasteiger partial charge on any atom is -0.459 e. The fraction of sp³-hybridized carbons (Fsp3) is 0.632. The molecule has 1 N–H and O–H groups in total. The SMILES string of the molecule is CC(C)OC(=O)c1c(NC(=O)COC(=O)[C@@H]2C[C@H]2C)sc2c1CCCC2. The van der Waals surface area contributed by atoms with Gasteiger partial charge in [-0.1, -0.05) is 6.92 Å². The van der Waals surface area contributed by atoms with E-state index in [0.29, 0.717) is 16.5 Å². The average molecular weight is 379 g/mol. The molecule has 2 aliphatic rings. The topological polar surface area (TPSA) is 81.7 Å². The summed E-state index contributed by atoms with van der Waals surface area (Å²) in [4.78, 5) is 37.6. The first kappa shape index (κ1) is 18.9. The Morgan fingerprint density at radius 2 is 1.92 bits per heavy atom. The lowest BCUT2D eigenvalue weighted by atomic mass is 9.95. The Hall–Kier alpha value is -1.89. The quantitative estimate of drug-likeness (QED) is 0.767. The molecule has 0 unspecified atom stereocenters. The van der Waals surface area contributed by atoms with Crippen LogP contribution in [0.5, 0.6) is 0 Å². The molecule has 1 heterocycles. The molecule has 26 heavy (non-hydrogen) atoms. The van der Waals surface area contributed by atoms with Gasteiger partial charge in [0.1, 0.15) is 5.00 Å². The molecule has 3 rings (SSSR count). The van der Waals surface area contributed by atoms with Crippen molar-refractivity contribution in [3.63, 3.8) is 0 Å². The van der Waals surface area contributed by atoms with Gasteiger partial charge in [0, 0.05) is 4.88 Å². The molecule has 0 aliphatic heterocycles. The number of ether oxygens (including phenoxy) is 2. The number of hydrogen-bond donors (Lipinski definition) is 1. The Balaban J connectivity index is 1.69. The van der Waals surface area contributed by atoms with Crippen molar-refractivity contribution >= 4 is 34.2 Å². The molecular weight excluding hydrogens is 354 g/mol. The second kappa shape index (κ2) is 7.78. The fourth-order valence-corrected chi connectivity index (χ4v) is 4.49. The van der Waals surface area contributed by atoms with E-state index in [1.165, 1.54) is 11.3 Å². The Morgan fingerprint density at radius 3 is 2.58 bits per heavy atom. The van der Waals surface area contributed by atoms with Crippen LogP contribution >= 0.6 is 11.3 Å². The van der Waals surface area contributed by atoms with Crippen LogP contribution in [0.1, 0.15) is 60.8 Å². The van der Waals surface area contributed by atoms with Crippen molar-refractivity contribution in [1.29, 1.82) is 0 Å². The number of carbonyl (C=O) groups is 3. The highest BCUT2D eigenvalue weighted by Gasteiger charge is 2.40. The molecule has 1 fully saturated rings. The van der Waals surface area contributed by atoms with E-state index in [0.717, 1.165) is 42.5 Å². The van der Waals surface area contributed by atoms with E-state index in [2.05, 4.69) is 5.32 Å². The lowest BCUT2D eigenvalue weighted by Crippen LogP contribution is -2.23. The van der Waals surface area contributed by atoms with Crippen molar-refractivity contribution in [3.05, 3.63) is 16.0 Å². The Labute approximate surface area is 157 Å². The fourth-order valence-electron chi connectivity index (χ4n) is 3.20. The molecule has 142 valence electrons. The Kier molecular flexibility index (Phi) is 5.65. The highest BCUT2D eigenvalue weighted by atomic mass is 32.1. The average Bonchev–Trinajstić information content (AvgIpc) is 3.19. The maximum absolute atomic E-state index is 12.5. The smallest absolute Gasteiger partial charge is 0.341 e. The molecule has 2 atom stereocenters. The number of amides is 1. The van der Waals surface area contributed by atoms with E-state index in [-0.39, 0.29) is 24.6 Å². The number of hydrogen-bond acceptors (Lipinski definition) is 6. The number of carbonyl (C=O) groups excluding carboxylic acids is 3. The first-order valence-electron chi connectivity index (χ1n) is 9.18. The number of aryl methyl sites for hydroxylation is 1. The van der Waals surface area contributed by atoms with Gasteiger partial charge in [-0.3, -0.25) is 9.59 Å². The lowest BCUT2D eigenvalue weighted by Gasteiger charge is -2.14. The van der Waals surface area contributed by atoms with Gasteiger partial charge in [-0.15, -0.1) is 11.3 Å². The van der Waals surface area contributed by atoms with Crippen molar-refractivity contribution in [2.45, 2.75) is 59.0 Å². The largest absolute Gasteiger partial charge is 0.459 e. The summed E-state index contributed by atoms with van der Waals surface area (Å²) in [7, 11) is 0. The molecular formula is C19H25NO5S. The molecule has 0 saturated heterocycles. The molecule has 7 heteroatoms. The van der Waals surface area contributed by atoms with E-state index in [1.807, 2.05) is 6.92 Å². The molecule has 1 saturated carbocycles. The summed E-state index contributed by atoms with van der Waals surface area (Å²) in [6, 6.07) is 0. The second-order valence-electron chi connectivity index (χ2n) is 7.34. The van der Waals surface area contributed by atoms with E-state index in [9.17, 15) is 14.4 Å². The van der Waals surface area contributed by atoms with Crippen LogP contribution in [0.25, 0.3) is 0 Å². The highest BCUT2D eigenvalue weighted by molar-refractivity contribution is 7.17. The summed E-state index contributed by atoms with van der Waals surface area (Å²) >= 11 is 1.43. The van der Waals surface area contributed by atoms with Crippen LogP contribution in [-0.4, -0.2) is 30.6 Å². The monoisotopic (exact) mass is 379 g/mol. The van der Waals surface area contributed by atoms with Gasteiger partial charge in [-0.25, -0.2) is 4.79 Å². The zero-order valence-corrected chi connectivity index (χ0v) is 16.2. The van der Waals surface area contributed by atoms with Crippen LogP contribution in [-0.2, 0) is 31.9 Å². The third-order valence-electron chi connectivity index (χ3n) is 4.73. The van der Waals surface area contributed by atoms with Crippen LogP contribution in [0.3, 0.4) is 0 Å². The van der Waals surface area contributed by atoms with E-state index in [1.54, 1.807) is 13.8 Å². The predicted octanol–water partition coefficient (Wildman–Crippen LogP) is 3.33. The minimum atomic E-state index is -0.427. The van der Waals surface area contributed by atoms with Crippen LogP contribution in [0.15, 0.2) is 0 Å². The molecule has 1 aromatic rings. The van der Waals surface area contributed by atoms with Gasteiger partial charge in [-0.05, 0) is 57.4 Å². The Morgan fingerprint density at radius 1 is 1.23 bits per heavy atom. The summed E-state index contributed by atoms with van der Waals surface area (Å²) in [5.74, 6) is -0.889. The number of nitrogens with one attached hydrogen (secondary N) is 1. The van der Waals surface area contributed by atoms with Crippen LogP contribution in [0.4, 0.5) is 5.00 Å². The maximum atomic E-state index is 12.5. The molecule has 0 aromatic carbocycles. The van der Waals surface area contributed by atoms with Crippen molar-refractivity contribution in [2.75, 3.05) is 11.9 Å². The molecule has 0 radical (unpaired) electrons. The number of anilines is 1. The van der Waals surface area contributed by atoms with Gasteiger partial charge < -0.3 is 14.8 Å². The summed E-state index contributed by atoms with van der Waals surface area (Å²) < 4.78 is 10.4. The van der Waals surface area contributed by atoms with Gasteiger partial charge in [0.2, 0.25) is 0 Å². The maximum Gasteiger partial charge on any atom is 0.341 e. The highest BCUT2D eigenvalue weighted by Crippen LogP contribution is 2.39. The molecule has 2 aliphatic carbocycles. The van der Waals surface area contributed by atoms with Crippen molar-refractivity contribution in [1.82, 2.24) is 0 Å². The molecule has 0 spiro atoms. The zero-order chi connectivity index (χ0) is 18.8. The van der Waals surface area contributed by atoms with E-state index >= 15 is 0 Å². The number of rotatable bonds is 6. The summed E-state index contributed by atoms with van der Waals surface area (Å²) in [5, 5.41) is 3.25. The summed E-state index contributed by atoms with van der Waals surface area (Å²) in [6.45, 7) is 5.25. The van der Waals surface area contributed by atoms with Gasteiger partial charge in [-0.2, -0.15) is 0 Å². The second-order valence-corrected chi connectivity index (χ2v) is 8.45. The first-order chi connectivity index (χ1) is 12.4. The number of esters is 2. The van der Waals surface area contributed by atoms with Crippen LogP contribution < -0.4 is 5.32 Å². The van der Waals surface area contributed by atoms with Gasteiger partial charge in [0.05, 0.1) is 17.6 Å². The van der Waals surface area contributed by atoms with Gasteiger partial charge >= 0.3 is 11.9 Å². The summed E-state index contributed by atoms with van der Waals surface area (Å²) in [6.07, 6.45) is 4.42. The normalized spacial score (nSPS) is 21.1. The molecule has 1 aromatic heterocycles. The summed E-state index contributed by atoms with van der Waals surface area (Å²) in [5.41, 5.74) is 1.46. The van der Waals surface area contributed by atoms with Crippen molar-refractivity contribution in [3.8, 4) is 0 Å². The molecule has 6 nitrogen and oxygen atoms in total. The zero-order valence-electron chi connectivity index (χ0n) is 15.4. The number of thiophene rings is 1. The Bertz CT molecular complexity index is 724. The third-order valence-corrected chi connectivity index (χ3v) is 5.94. The molecule has 1 amide bonds. The first-order valence-corrected chi connectivity index (χ1v) is 10.0. The molecule has 0 bridgehead atoms. The van der Waals surface area contributed by atoms with Crippen LogP contribution in [0, 0.1) is 11.8 Å². The van der Waals surface area contributed by atoms with Crippen LogP contribution in [0.2, 0.25) is 0 Å². The number of fused-ring (bicyclic) bond motifs is 1. The van der Waals surface area contributed by atoms with Crippen molar-refractivity contribution < 1.29 is 23.9 Å². The predicted molar refractivity (Wildman–Crippen MR) is 98.4 cm³/mol.